The topological polar surface area (TPSA) is 41.6 Å². The van der Waals surface area contributed by atoms with Gasteiger partial charge in [-0.25, -0.2) is 0 Å². The summed E-state index contributed by atoms with van der Waals surface area (Å²) in [6.45, 7) is 6.72. The summed E-state index contributed by atoms with van der Waals surface area (Å²) < 4.78 is 5.50. The van der Waals surface area contributed by atoms with Crippen LogP contribution in [0, 0.1) is 0 Å². The van der Waals surface area contributed by atoms with Gasteiger partial charge in [0.1, 0.15) is 0 Å². The van der Waals surface area contributed by atoms with E-state index in [1.807, 2.05) is 11.8 Å². The number of nitrogens with one attached hydrogen (secondary N) is 1. The first-order valence-corrected chi connectivity index (χ1v) is 6.85. The Kier molecular flexibility index (Phi) is 4.40. The number of likely N-dealkylation sites (tertiary alicyclic amines) is 1. The molecule has 4 nitrogen and oxygen atoms in total. The number of hydrogen-bond acceptors (Lipinski definition) is 3. The average molecular weight is 240 g/mol. The average Bonchev–Trinajstić information content (AvgIpc) is 2.75. The normalized spacial score (nSPS) is 31.5. The van der Waals surface area contributed by atoms with Crippen LogP contribution in [0.3, 0.4) is 0 Å². The van der Waals surface area contributed by atoms with Gasteiger partial charge in [0, 0.05) is 25.7 Å². The van der Waals surface area contributed by atoms with Crippen molar-refractivity contribution >= 4 is 5.91 Å². The van der Waals surface area contributed by atoms with E-state index in [1.165, 1.54) is 6.42 Å². The monoisotopic (exact) mass is 240 g/mol. The van der Waals surface area contributed by atoms with Crippen LogP contribution < -0.4 is 5.32 Å². The summed E-state index contributed by atoms with van der Waals surface area (Å²) in [5.74, 6) is 0.254. The number of rotatable bonds is 3. The van der Waals surface area contributed by atoms with E-state index in [2.05, 4.69) is 12.2 Å². The van der Waals surface area contributed by atoms with Gasteiger partial charge in [0.25, 0.3) is 0 Å². The van der Waals surface area contributed by atoms with Gasteiger partial charge in [0.15, 0.2) is 0 Å². The highest BCUT2D eigenvalue weighted by molar-refractivity contribution is 5.81. The molecule has 0 aromatic heterocycles. The predicted molar refractivity (Wildman–Crippen MR) is 66.8 cm³/mol. The van der Waals surface area contributed by atoms with Crippen LogP contribution in [0.25, 0.3) is 0 Å². The summed E-state index contributed by atoms with van der Waals surface area (Å²) in [6, 6.07) is 0.251. The number of nitrogens with zero attached hydrogens (tertiary/aromatic N) is 1. The minimum Gasteiger partial charge on any atom is -0.377 e. The maximum atomic E-state index is 12.2. The number of piperidine rings is 1. The van der Waals surface area contributed by atoms with E-state index in [1.54, 1.807) is 0 Å². The second-order valence-corrected chi connectivity index (χ2v) is 5.25. The van der Waals surface area contributed by atoms with Gasteiger partial charge in [-0.1, -0.05) is 0 Å². The number of ether oxygens (including phenoxy) is 1. The maximum absolute atomic E-state index is 12.2. The molecule has 2 rings (SSSR count). The third kappa shape index (κ3) is 3.19. The molecule has 2 saturated heterocycles. The molecule has 0 radical (unpaired) electrons. The van der Waals surface area contributed by atoms with Crippen molar-refractivity contribution in [2.75, 3.05) is 19.7 Å². The van der Waals surface area contributed by atoms with Crippen molar-refractivity contribution in [3.8, 4) is 0 Å². The van der Waals surface area contributed by atoms with Crippen LogP contribution in [0.5, 0.6) is 0 Å². The maximum Gasteiger partial charge on any atom is 0.239 e. The zero-order valence-electron chi connectivity index (χ0n) is 10.9. The third-order valence-corrected chi connectivity index (χ3v) is 3.88. The summed E-state index contributed by atoms with van der Waals surface area (Å²) in [6.07, 6.45) is 4.81. The molecule has 0 spiro atoms. The lowest BCUT2D eigenvalue weighted by Crippen LogP contribution is -2.51. The first kappa shape index (κ1) is 12.8. The molecule has 17 heavy (non-hydrogen) atoms. The highest BCUT2D eigenvalue weighted by Gasteiger charge is 2.29. The molecule has 4 heteroatoms. The van der Waals surface area contributed by atoms with Crippen molar-refractivity contribution < 1.29 is 9.53 Å². The fraction of sp³-hybridized carbons (Fsp3) is 0.923. The molecular formula is C13H24N2O2. The minimum absolute atomic E-state index is 0.0813. The van der Waals surface area contributed by atoms with E-state index in [9.17, 15) is 4.79 Å². The highest BCUT2D eigenvalue weighted by Crippen LogP contribution is 2.15. The molecule has 1 amide bonds. The SMILES string of the molecule is CC(NC1CCOC1C)C(=O)N1CCCCC1. The van der Waals surface area contributed by atoms with Crippen molar-refractivity contribution in [1.29, 1.82) is 0 Å². The van der Waals surface area contributed by atoms with Gasteiger partial charge in [-0.05, 0) is 39.5 Å². The van der Waals surface area contributed by atoms with Gasteiger partial charge in [-0.15, -0.1) is 0 Å². The second-order valence-electron chi connectivity index (χ2n) is 5.25. The quantitative estimate of drug-likeness (QED) is 0.804. The largest absolute Gasteiger partial charge is 0.377 e. The lowest BCUT2D eigenvalue weighted by molar-refractivity contribution is -0.134. The van der Waals surface area contributed by atoms with Crippen LogP contribution in [0.2, 0.25) is 0 Å². The Balaban J connectivity index is 1.81. The van der Waals surface area contributed by atoms with Gasteiger partial charge < -0.3 is 15.0 Å². The Morgan fingerprint density at radius 1 is 1.35 bits per heavy atom. The van der Waals surface area contributed by atoms with Gasteiger partial charge >= 0.3 is 0 Å². The van der Waals surface area contributed by atoms with Gasteiger partial charge in [-0.2, -0.15) is 0 Å². The van der Waals surface area contributed by atoms with E-state index in [-0.39, 0.29) is 18.1 Å². The summed E-state index contributed by atoms with van der Waals surface area (Å²) >= 11 is 0. The van der Waals surface area contributed by atoms with Crippen LogP contribution >= 0.6 is 0 Å². The van der Waals surface area contributed by atoms with Crippen molar-refractivity contribution in [2.24, 2.45) is 0 Å². The van der Waals surface area contributed by atoms with E-state index in [0.717, 1.165) is 39.0 Å². The highest BCUT2D eigenvalue weighted by atomic mass is 16.5. The Morgan fingerprint density at radius 2 is 2.06 bits per heavy atom. The minimum atomic E-state index is -0.0813. The van der Waals surface area contributed by atoms with E-state index < -0.39 is 0 Å². The molecule has 0 aromatic rings. The second kappa shape index (κ2) is 5.83. The molecule has 3 unspecified atom stereocenters. The number of carbonyl (C=O) groups excluding carboxylic acids is 1. The molecule has 2 fully saturated rings. The smallest absolute Gasteiger partial charge is 0.239 e. The predicted octanol–water partition coefficient (Wildman–Crippen LogP) is 1.15. The molecule has 1 N–H and O–H groups in total. The van der Waals surface area contributed by atoms with Crippen molar-refractivity contribution in [3.63, 3.8) is 0 Å². The summed E-state index contributed by atoms with van der Waals surface area (Å²) in [7, 11) is 0. The molecule has 0 aromatic carbocycles. The molecule has 0 aliphatic carbocycles. The van der Waals surface area contributed by atoms with Crippen LogP contribution in [-0.2, 0) is 9.53 Å². The third-order valence-electron chi connectivity index (χ3n) is 3.88. The van der Waals surface area contributed by atoms with Crippen LogP contribution in [0.4, 0.5) is 0 Å². The van der Waals surface area contributed by atoms with E-state index >= 15 is 0 Å². The lowest BCUT2D eigenvalue weighted by Gasteiger charge is -2.31. The first-order valence-electron chi connectivity index (χ1n) is 6.85. The van der Waals surface area contributed by atoms with Crippen molar-refractivity contribution in [3.05, 3.63) is 0 Å². The summed E-state index contributed by atoms with van der Waals surface area (Å²) in [4.78, 5) is 14.2. The van der Waals surface area contributed by atoms with E-state index in [4.69, 9.17) is 4.74 Å². The van der Waals surface area contributed by atoms with Crippen molar-refractivity contribution in [2.45, 2.75) is 57.7 Å². The zero-order valence-corrected chi connectivity index (χ0v) is 10.9. The Bertz CT molecular complexity index is 264. The lowest BCUT2D eigenvalue weighted by atomic mass is 10.1. The summed E-state index contributed by atoms with van der Waals surface area (Å²) in [5, 5.41) is 3.41. The van der Waals surface area contributed by atoms with Crippen molar-refractivity contribution in [1.82, 2.24) is 10.2 Å². The molecule has 98 valence electrons. The standard InChI is InChI=1S/C13H24N2O2/c1-10(14-12-6-9-17-11(12)2)13(16)15-7-4-3-5-8-15/h10-12,14H,3-9H2,1-2H3. The fourth-order valence-electron chi connectivity index (χ4n) is 2.73. The van der Waals surface area contributed by atoms with Crippen LogP contribution in [-0.4, -0.2) is 48.7 Å². The number of carbonyl (C=O) groups is 1. The molecular weight excluding hydrogens is 216 g/mol. The molecule has 2 heterocycles. The number of hydrogen-bond donors (Lipinski definition) is 1. The zero-order chi connectivity index (χ0) is 12.3. The van der Waals surface area contributed by atoms with Gasteiger partial charge in [0.2, 0.25) is 5.91 Å². The van der Waals surface area contributed by atoms with Gasteiger partial charge in [0.05, 0.1) is 12.1 Å². The summed E-state index contributed by atoms with van der Waals surface area (Å²) in [5.41, 5.74) is 0. The van der Waals surface area contributed by atoms with Crippen LogP contribution in [0.15, 0.2) is 0 Å². The molecule has 2 aliphatic heterocycles. The Hall–Kier alpha value is -0.610. The molecule has 2 aliphatic rings. The van der Waals surface area contributed by atoms with Crippen LogP contribution in [0.1, 0.15) is 39.5 Å². The number of amides is 1. The van der Waals surface area contributed by atoms with E-state index in [0.29, 0.717) is 6.04 Å². The molecule has 3 atom stereocenters. The fourth-order valence-corrected chi connectivity index (χ4v) is 2.73. The Morgan fingerprint density at radius 3 is 2.65 bits per heavy atom. The first-order chi connectivity index (χ1) is 8.18. The van der Waals surface area contributed by atoms with Gasteiger partial charge in [-0.3, -0.25) is 4.79 Å². The Labute approximate surface area is 104 Å². The molecule has 0 bridgehead atoms. The molecule has 0 saturated carbocycles.